The lowest BCUT2D eigenvalue weighted by molar-refractivity contribution is -0.137. The first kappa shape index (κ1) is 13.9. The first-order chi connectivity index (χ1) is 8.54. The van der Waals surface area contributed by atoms with Crippen LogP contribution in [-0.2, 0) is 18.4 Å². The van der Waals surface area contributed by atoms with Crippen molar-refractivity contribution in [2.24, 2.45) is 7.05 Å². The predicted octanol–water partition coefficient (Wildman–Crippen LogP) is -0.179. The second-order valence-corrected chi connectivity index (χ2v) is 3.83. The van der Waals surface area contributed by atoms with E-state index in [0.717, 1.165) is 0 Å². The molecule has 0 aromatic carbocycles. The van der Waals surface area contributed by atoms with Crippen LogP contribution in [0.3, 0.4) is 0 Å². The molecule has 2 amide bonds. The third kappa shape index (κ3) is 4.04. The van der Waals surface area contributed by atoms with Gasteiger partial charge >= 0.3 is 12.0 Å². The quantitative estimate of drug-likeness (QED) is 0.734. The smallest absolute Gasteiger partial charge is 0.323 e. The van der Waals surface area contributed by atoms with Gasteiger partial charge in [-0.15, -0.1) is 10.2 Å². The molecule has 0 aliphatic carbocycles. The molecular weight excluding hydrogens is 238 g/mol. The molecule has 1 aromatic heterocycles. The van der Waals surface area contributed by atoms with Crippen molar-refractivity contribution in [2.45, 2.75) is 19.9 Å². The highest BCUT2D eigenvalue weighted by Crippen LogP contribution is 1.95. The molecule has 0 radical (unpaired) electrons. The summed E-state index contributed by atoms with van der Waals surface area (Å²) in [6.45, 7) is 2.19. The van der Waals surface area contributed by atoms with Crippen molar-refractivity contribution in [1.29, 1.82) is 0 Å². The van der Waals surface area contributed by atoms with Gasteiger partial charge in [-0.3, -0.25) is 4.79 Å². The number of hydrogen-bond acceptors (Lipinski definition) is 4. The van der Waals surface area contributed by atoms with Gasteiger partial charge in [-0.2, -0.15) is 0 Å². The van der Waals surface area contributed by atoms with Gasteiger partial charge in [-0.25, -0.2) is 4.79 Å². The van der Waals surface area contributed by atoms with Gasteiger partial charge in [-0.05, 0) is 6.42 Å². The summed E-state index contributed by atoms with van der Waals surface area (Å²) in [6.07, 6.45) is 2.23. The summed E-state index contributed by atoms with van der Waals surface area (Å²) in [5.41, 5.74) is 0. The predicted molar refractivity (Wildman–Crippen MR) is 62.7 cm³/mol. The Morgan fingerprint density at radius 2 is 2.28 bits per heavy atom. The minimum Gasteiger partial charge on any atom is -0.480 e. The Morgan fingerprint density at radius 3 is 2.78 bits per heavy atom. The zero-order chi connectivity index (χ0) is 13.5. The third-order valence-electron chi connectivity index (χ3n) is 2.31. The van der Waals surface area contributed by atoms with Crippen molar-refractivity contribution in [1.82, 2.24) is 25.0 Å². The Morgan fingerprint density at radius 1 is 1.56 bits per heavy atom. The van der Waals surface area contributed by atoms with Crippen LogP contribution in [0.4, 0.5) is 4.79 Å². The summed E-state index contributed by atoms with van der Waals surface area (Å²) < 4.78 is 1.68. The van der Waals surface area contributed by atoms with Crippen LogP contribution in [0, 0.1) is 0 Å². The number of aromatic nitrogens is 3. The van der Waals surface area contributed by atoms with Crippen molar-refractivity contribution in [2.75, 3.05) is 13.1 Å². The SMILES string of the molecule is CCCN(CC(=O)O)C(=O)NCc1nncn1C. The summed E-state index contributed by atoms with van der Waals surface area (Å²) in [7, 11) is 1.77. The highest BCUT2D eigenvalue weighted by atomic mass is 16.4. The maximum atomic E-state index is 11.8. The van der Waals surface area contributed by atoms with Crippen LogP contribution < -0.4 is 5.32 Å². The molecule has 0 atom stereocenters. The van der Waals surface area contributed by atoms with Crippen LogP contribution in [0.1, 0.15) is 19.2 Å². The number of aliphatic carboxylic acids is 1. The number of urea groups is 1. The van der Waals surface area contributed by atoms with E-state index >= 15 is 0 Å². The largest absolute Gasteiger partial charge is 0.480 e. The highest BCUT2D eigenvalue weighted by Gasteiger charge is 2.15. The molecule has 100 valence electrons. The third-order valence-corrected chi connectivity index (χ3v) is 2.31. The van der Waals surface area contributed by atoms with E-state index in [9.17, 15) is 9.59 Å². The number of amides is 2. The average molecular weight is 255 g/mol. The molecule has 8 heteroatoms. The summed E-state index contributed by atoms with van der Waals surface area (Å²) >= 11 is 0. The van der Waals surface area contributed by atoms with Gasteiger partial charge in [0.05, 0.1) is 6.54 Å². The number of rotatable bonds is 6. The Kier molecular flexibility index (Phi) is 5.09. The monoisotopic (exact) mass is 255 g/mol. The number of nitrogens with zero attached hydrogens (tertiary/aromatic N) is 4. The minimum atomic E-state index is -1.03. The van der Waals surface area contributed by atoms with E-state index < -0.39 is 12.0 Å². The fraction of sp³-hybridized carbons (Fsp3) is 0.600. The molecule has 0 bridgehead atoms. The number of carbonyl (C=O) groups is 2. The van der Waals surface area contributed by atoms with E-state index in [1.807, 2.05) is 6.92 Å². The number of aryl methyl sites for hydroxylation is 1. The Hall–Kier alpha value is -2.12. The molecule has 0 fully saturated rings. The summed E-state index contributed by atoms with van der Waals surface area (Å²) in [5.74, 6) is -0.424. The molecule has 18 heavy (non-hydrogen) atoms. The van der Waals surface area contributed by atoms with Gasteiger partial charge in [0.15, 0.2) is 5.82 Å². The Balaban J connectivity index is 2.51. The highest BCUT2D eigenvalue weighted by molar-refractivity contribution is 5.79. The van der Waals surface area contributed by atoms with Gasteiger partial charge in [-0.1, -0.05) is 6.92 Å². The molecule has 1 rings (SSSR count). The van der Waals surface area contributed by atoms with Crippen LogP contribution in [0.25, 0.3) is 0 Å². The van der Waals surface area contributed by atoms with Crippen LogP contribution in [0.5, 0.6) is 0 Å². The fourth-order valence-corrected chi connectivity index (χ4v) is 1.42. The molecule has 1 aromatic rings. The van der Waals surface area contributed by atoms with Crippen molar-refractivity contribution >= 4 is 12.0 Å². The molecule has 0 aliphatic rings. The second-order valence-electron chi connectivity index (χ2n) is 3.83. The Labute approximate surface area is 105 Å². The van der Waals surface area contributed by atoms with Gasteiger partial charge in [0.2, 0.25) is 0 Å². The molecular formula is C10H17N5O3. The molecule has 2 N–H and O–H groups in total. The van der Waals surface area contributed by atoms with Crippen molar-refractivity contribution in [3.8, 4) is 0 Å². The number of nitrogens with one attached hydrogen (secondary N) is 1. The summed E-state index contributed by atoms with van der Waals surface area (Å²) in [5, 5.41) is 18.8. The van der Waals surface area contributed by atoms with Crippen molar-refractivity contribution in [3.05, 3.63) is 12.2 Å². The van der Waals surface area contributed by atoms with E-state index in [0.29, 0.717) is 18.8 Å². The lowest BCUT2D eigenvalue weighted by Crippen LogP contribution is -2.43. The number of carboxylic acid groups (broad SMARTS) is 1. The van der Waals surface area contributed by atoms with E-state index in [2.05, 4.69) is 15.5 Å². The summed E-state index contributed by atoms with van der Waals surface area (Å²) in [4.78, 5) is 23.6. The van der Waals surface area contributed by atoms with Crippen LogP contribution in [-0.4, -0.2) is 49.9 Å². The molecule has 0 saturated heterocycles. The van der Waals surface area contributed by atoms with E-state index in [1.165, 1.54) is 11.2 Å². The number of carbonyl (C=O) groups excluding carboxylic acids is 1. The molecule has 0 spiro atoms. The lowest BCUT2D eigenvalue weighted by atomic mass is 10.4. The van der Waals surface area contributed by atoms with E-state index in [1.54, 1.807) is 11.6 Å². The average Bonchev–Trinajstić information content (AvgIpc) is 2.70. The number of carboxylic acids is 1. The van der Waals surface area contributed by atoms with Crippen molar-refractivity contribution in [3.63, 3.8) is 0 Å². The van der Waals surface area contributed by atoms with Gasteiger partial charge in [0.1, 0.15) is 12.9 Å². The van der Waals surface area contributed by atoms with Gasteiger partial charge in [0.25, 0.3) is 0 Å². The first-order valence-corrected chi connectivity index (χ1v) is 5.62. The molecule has 0 unspecified atom stereocenters. The van der Waals surface area contributed by atoms with E-state index in [4.69, 9.17) is 5.11 Å². The van der Waals surface area contributed by atoms with E-state index in [-0.39, 0.29) is 13.1 Å². The molecule has 8 nitrogen and oxygen atoms in total. The van der Waals surface area contributed by atoms with Crippen LogP contribution in [0.2, 0.25) is 0 Å². The fourth-order valence-electron chi connectivity index (χ4n) is 1.42. The van der Waals surface area contributed by atoms with Crippen LogP contribution >= 0.6 is 0 Å². The van der Waals surface area contributed by atoms with Gasteiger partial charge < -0.3 is 19.9 Å². The summed E-state index contributed by atoms with van der Waals surface area (Å²) in [6, 6.07) is -0.415. The zero-order valence-electron chi connectivity index (χ0n) is 10.5. The lowest BCUT2D eigenvalue weighted by Gasteiger charge is -2.20. The normalized spacial score (nSPS) is 10.1. The maximum absolute atomic E-state index is 11.8. The van der Waals surface area contributed by atoms with Gasteiger partial charge in [0, 0.05) is 13.6 Å². The molecule has 0 saturated carbocycles. The number of hydrogen-bond donors (Lipinski definition) is 2. The second kappa shape index (κ2) is 6.58. The molecule has 0 aliphatic heterocycles. The first-order valence-electron chi connectivity index (χ1n) is 5.62. The van der Waals surface area contributed by atoms with Crippen molar-refractivity contribution < 1.29 is 14.7 Å². The standard InChI is InChI=1S/C10H17N5O3/c1-3-4-15(6-9(16)17)10(18)11-5-8-13-12-7-14(8)2/h7H,3-6H2,1-2H3,(H,11,18)(H,16,17). The minimum absolute atomic E-state index is 0.217. The van der Waals surface area contributed by atoms with Crippen LogP contribution in [0.15, 0.2) is 6.33 Å². The topological polar surface area (TPSA) is 100 Å². The zero-order valence-corrected chi connectivity index (χ0v) is 10.5. The molecule has 1 heterocycles. The Bertz CT molecular complexity index is 417. The maximum Gasteiger partial charge on any atom is 0.323 e.